The fourth-order valence-corrected chi connectivity index (χ4v) is 11.5. The van der Waals surface area contributed by atoms with Gasteiger partial charge in [-0.1, -0.05) is 12.8 Å². The Hall–Kier alpha value is 0.762. The molecule has 0 amide bonds. The van der Waals surface area contributed by atoms with Crippen LogP contribution < -0.4 is 62.3 Å². The molecule has 5 fully saturated rings. The van der Waals surface area contributed by atoms with Gasteiger partial charge in [-0.05, 0) is 87.9 Å². The third-order valence-electron chi connectivity index (χ3n) is 11.1. The molecule has 0 aliphatic heterocycles. The summed E-state index contributed by atoms with van der Waals surface area (Å²) in [4.78, 5) is 0. The number of hydrogen-bond acceptors (Lipinski definition) is 16. The van der Waals surface area contributed by atoms with Crippen LogP contribution in [-0.2, 0) is 40.5 Å². The fourth-order valence-electron chi connectivity index (χ4n) is 8.85. The van der Waals surface area contributed by atoms with E-state index in [2.05, 4.69) is 20.5 Å². The normalized spacial score (nSPS) is 42.2. The van der Waals surface area contributed by atoms with E-state index in [1.807, 2.05) is 0 Å². The maximum Gasteiger partial charge on any atom is 1.00 e. The minimum Gasteiger partial charge on any atom is -0.750 e. The van der Waals surface area contributed by atoms with Crippen molar-refractivity contribution in [3.05, 3.63) is 0 Å². The number of ether oxygens (including phenoxy) is 1. The quantitative estimate of drug-likeness (QED) is 0.0969. The van der Waals surface area contributed by atoms with Crippen molar-refractivity contribution >= 4 is 31.6 Å². The van der Waals surface area contributed by atoms with Gasteiger partial charge in [0, 0.05) is 13.2 Å². The molecule has 5 rings (SSSR count). The molecule has 0 spiro atoms. The molecular weight excluding hydrogens is 687 g/mol. The van der Waals surface area contributed by atoms with Crippen LogP contribution >= 0.6 is 0 Å². The average molecular weight is 732 g/mol. The Labute approximate surface area is 327 Å². The van der Waals surface area contributed by atoms with Gasteiger partial charge in [0.1, 0.15) is 12.1 Å². The monoisotopic (exact) mass is 731 g/mol. The number of azo groups is 2. The van der Waals surface area contributed by atoms with Crippen LogP contribution in [0.25, 0.3) is 0 Å². The third-order valence-corrected chi connectivity index (χ3v) is 14.2. The molecule has 15 atom stereocenters. The molecule has 3 N–H and O–H groups in total. The number of rotatable bonds is 9. The summed E-state index contributed by atoms with van der Waals surface area (Å²) in [6, 6.07) is -2.55. The third kappa shape index (κ3) is 11.4. The van der Waals surface area contributed by atoms with E-state index in [1.54, 1.807) is 7.11 Å². The first-order chi connectivity index (χ1) is 21.7. The van der Waals surface area contributed by atoms with Gasteiger partial charge in [-0.25, -0.2) is 21.0 Å². The van der Waals surface area contributed by atoms with E-state index in [4.69, 9.17) is 14.7 Å². The molecule has 5 aliphatic carbocycles. The summed E-state index contributed by atoms with van der Waals surface area (Å²) in [5.41, 5.74) is 6.02. The van der Waals surface area contributed by atoms with E-state index in [1.165, 1.54) is 0 Å². The Morgan fingerprint density at radius 3 is 1.98 bits per heavy atom. The Morgan fingerprint density at radius 2 is 1.37 bits per heavy atom. The van der Waals surface area contributed by atoms with E-state index in [0.717, 1.165) is 19.3 Å². The van der Waals surface area contributed by atoms with Gasteiger partial charge in [0.05, 0.1) is 72.4 Å². The Balaban J connectivity index is 0.00000278. The number of methoxy groups -OCH3 is 1. The summed E-state index contributed by atoms with van der Waals surface area (Å²) >= 11 is -2.93. The van der Waals surface area contributed by atoms with Crippen LogP contribution in [0.15, 0.2) is 20.5 Å². The molecule has 15 unspecified atom stereocenters. The first-order valence-electron chi connectivity index (χ1n) is 16.1. The van der Waals surface area contributed by atoms with E-state index in [-0.39, 0.29) is 106 Å². The second kappa shape index (κ2) is 19.4. The zero-order chi connectivity index (χ0) is 33.4. The number of nitrogens with two attached hydrogens (primary N) is 1. The topological polar surface area (TPSA) is 269 Å². The molecular formula is C27H44Li3N5O11S3. The Morgan fingerprint density at radius 1 is 0.735 bits per heavy atom. The maximum atomic E-state index is 11.8. The molecule has 0 aromatic rings. The minimum atomic E-state index is -4.68. The zero-order valence-corrected chi connectivity index (χ0v) is 31.1. The van der Waals surface area contributed by atoms with Crippen molar-refractivity contribution in [2.45, 2.75) is 136 Å². The van der Waals surface area contributed by atoms with Crippen LogP contribution in [0.4, 0.5) is 0 Å². The summed E-state index contributed by atoms with van der Waals surface area (Å²) in [6.07, 6.45) is 3.18. The average Bonchev–Trinajstić information content (AvgIpc) is 2.98. The van der Waals surface area contributed by atoms with Gasteiger partial charge in [-0.15, -0.1) is 0 Å². The van der Waals surface area contributed by atoms with Crippen molar-refractivity contribution in [3.8, 4) is 0 Å². The van der Waals surface area contributed by atoms with Crippen LogP contribution in [0.3, 0.4) is 0 Å². The fraction of sp³-hybridized carbons (Fsp3) is 1.00. The van der Waals surface area contributed by atoms with Crippen molar-refractivity contribution in [2.24, 2.45) is 49.9 Å². The van der Waals surface area contributed by atoms with E-state index in [0.29, 0.717) is 38.5 Å². The predicted molar refractivity (Wildman–Crippen MR) is 160 cm³/mol. The van der Waals surface area contributed by atoms with Crippen LogP contribution in [0.2, 0.25) is 0 Å². The summed E-state index contributed by atoms with van der Waals surface area (Å²) < 4.78 is 104. The molecule has 264 valence electrons. The number of fused-ring (bicyclic) bond motifs is 2. The van der Waals surface area contributed by atoms with Gasteiger partial charge in [0.25, 0.3) is 0 Å². The van der Waals surface area contributed by atoms with Gasteiger partial charge >= 0.3 is 56.6 Å². The molecule has 0 radical (unpaired) electrons. The van der Waals surface area contributed by atoms with Gasteiger partial charge < -0.3 is 29.2 Å². The van der Waals surface area contributed by atoms with Gasteiger partial charge in [-0.2, -0.15) is 20.5 Å². The molecule has 22 heteroatoms. The zero-order valence-electron chi connectivity index (χ0n) is 28.7. The minimum absolute atomic E-state index is 0. The number of nitrogens with zero attached hydrogens (tertiary/aromatic N) is 4. The SMILES string of the molecule is COC1CC(N=NC2CCC3C(CCCC3S(=O)(=O)[O-])C2)CCC1N=NC1C(OS(=O)[O-])CC2CC(S(=O)(=O)[O-])C(N)CC2C1O.[Li+].[Li+].[Li+]. The maximum absolute atomic E-state index is 11.8. The van der Waals surface area contributed by atoms with E-state index >= 15 is 0 Å². The standard InChI is InChI=1S/C27H47N5O11S3.3Li/c1-42-22-12-17(30-29-16-5-7-18-14(9-16)3-2-4-24(18)45(36,37)38)6-8-21(22)31-32-26-23(43-44(34)35)10-15-11-25(46(39,40)41)20(28)13-19(15)27(26)33;;;/h14-27,33H,2-13,28H2,1H3,(H,34,35)(H,36,37,38)(H,39,40,41);;;/q;3*+1/p-3. The summed E-state index contributed by atoms with van der Waals surface area (Å²) in [6.45, 7) is 0. The van der Waals surface area contributed by atoms with Crippen LogP contribution in [0.1, 0.15) is 77.0 Å². The molecule has 49 heavy (non-hydrogen) atoms. The molecule has 0 aromatic carbocycles. The van der Waals surface area contributed by atoms with Crippen molar-refractivity contribution in [1.29, 1.82) is 0 Å². The summed E-state index contributed by atoms with van der Waals surface area (Å²) in [5, 5.41) is 27.2. The molecule has 0 saturated heterocycles. The molecule has 5 saturated carbocycles. The smallest absolute Gasteiger partial charge is 0.750 e. The number of hydrogen-bond donors (Lipinski definition) is 2. The molecule has 5 aliphatic rings. The molecule has 16 nitrogen and oxygen atoms in total. The van der Waals surface area contributed by atoms with E-state index < -0.39 is 84.3 Å². The second-order valence-electron chi connectivity index (χ2n) is 13.8. The summed E-state index contributed by atoms with van der Waals surface area (Å²) in [7, 11) is -7.44. The van der Waals surface area contributed by atoms with Crippen molar-refractivity contribution in [3.63, 3.8) is 0 Å². The van der Waals surface area contributed by atoms with Crippen molar-refractivity contribution in [2.75, 3.05) is 7.11 Å². The van der Waals surface area contributed by atoms with Crippen molar-refractivity contribution < 1.29 is 105 Å². The first-order valence-corrected chi connectivity index (χ1v) is 20.0. The van der Waals surface area contributed by atoms with Crippen LogP contribution in [0, 0.1) is 23.7 Å². The molecule has 0 bridgehead atoms. The Bertz CT molecular complexity index is 1380. The van der Waals surface area contributed by atoms with Crippen LogP contribution in [0.5, 0.6) is 0 Å². The first kappa shape index (κ1) is 45.9. The van der Waals surface area contributed by atoms with Gasteiger partial charge in [0.15, 0.2) is 0 Å². The number of aliphatic hydroxyl groups is 1. The van der Waals surface area contributed by atoms with Crippen molar-refractivity contribution in [1.82, 2.24) is 0 Å². The van der Waals surface area contributed by atoms with Gasteiger partial charge in [0.2, 0.25) is 0 Å². The second-order valence-corrected chi connectivity index (χ2v) is 17.6. The number of aliphatic hydroxyl groups excluding tert-OH is 1. The molecule has 0 aromatic heterocycles. The molecule has 0 heterocycles. The Kier molecular flexibility index (Phi) is 18.2. The summed E-state index contributed by atoms with van der Waals surface area (Å²) in [5.74, 6) is -0.948. The van der Waals surface area contributed by atoms with E-state index in [9.17, 15) is 39.8 Å². The van der Waals surface area contributed by atoms with Gasteiger partial charge in [-0.3, -0.25) is 4.18 Å². The van der Waals surface area contributed by atoms with Crippen LogP contribution in [-0.4, -0.2) is 106 Å². The largest absolute Gasteiger partial charge is 1.00 e. The predicted octanol–water partition coefficient (Wildman–Crippen LogP) is -7.70.